The monoisotopic (exact) mass is 196 g/mol. The van der Waals surface area contributed by atoms with Gasteiger partial charge >= 0.3 is 5.97 Å². The first kappa shape index (κ1) is 13.0. The molecule has 0 aromatic carbocycles. The van der Waals surface area contributed by atoms with Crippen molar-refractivity contribution in [3.63, 3.8) is 0 Å². The van der Waals surface area contributed by atoms with Gasteiger partial charge in [-0.15, -0.1) is 12.3 Å². The second-order valence-electron chi connectivity index (χ2n) is 3.42. The fourth-order valence-corrected chi connectivity index (χ4v) is 1.25. The van der Waals surface area contributed by atoms with E-state index in [0.717, 1.165) is 25.7 Å². The molecule has 0 amide bonds. The normalized spacial score (nSPS) is 9.43. The van der Waals surface area contributed by atoms with Gasteiger partial charge in [-0.25, -0.2) is 0 Å². The van der Waals surface area contributed by atoms with Crippen LogP contribution in [0.2, 0.25) is 0 Å². The summed E-state index contributed by atoms with van der Waals surface area (Å²) >= 11 is 0. The molecule has 0 aromatic rings. The Balaban J connectivity index is 2.93. The van der Waals surface area contributed by atoms with Crippen molar-refractivity contribution in [3.8, 4) is 12.3 Å². The van der Waals surface area contributed by atoms with Gasteiger partial charge in [-0.2, -0.15) is 0 Å². The van der Waals surface area contributed by atoms with Crippen LogP contribution in [0.1, 0.15) is 51.9 Å². The predicted molar refractivity (Wildman–Crippen MR) is 57.8 cm³/mol. The molecule has 0 aromatic heterocycles. The van der Waals surface area contributed by atoms with Crippen molar-refractivity contribution in [2.75, 3.05) is 6.61 Å². The molecule has 0 aliphatic carbocycles. The quantitative estimate of drug-likeness (QED) is 0.339. The summed E-state index contributed by atoms with van der Waals surface area (Å²) in [7, 11) is 0. The zero-order chi connectivity index (χ0) is 10.6. The summed E-state index contributed by atoms with van der Waals surface area (Å²) in [4.78, 5) is 10.4. The van der Waals surface area contributed by atoms with Crippen molar-refractivity contribution in [3.05, 3.63) is 0 Å². The maximum Gasteiger partial charge on any atom is 0.302 e. The second kappa shape index (κ2) is 10.1. The van der Waals surface area contributed by atoms with Crippen molar-refractivity contribution in [1.82, 2.24) is 0 Å². The Kier molecular flexibility index (Phi) is 9.41. The van der Waals surface area contributed by atoms with Gasteiger partial charge in [0.2, 0.25) is 0 Å². The van der Waals surface area contributed by atoms with Gasteiger partial charge in [-0.05, 0) is 12.8 Å². The highest BCUT2D eigenvalue weighted by molar-refractivity contribution is 5.65. The van der Waals surface area contributed by atoms with Gasteiger partial charge in [0.25, 0.3) is 0 Å². The number of hydrogen-bond acceptors (Lipinski definition) is 2. The third-order valence-electron chi connectivity index (χ3n) is 2.02. The zero-order valence-electron chi connectivity index (χ0n) is 9.05. The largest absolute Gasteiger partial charge is 0.466 e. The van der Waals surface area contributed by atoms with Crippen molar-refractivity contribution in [2.45, 2.75) is 51.9 Å². The summed E-state index contributed by atoms with van der Waals surface area (Å²) in [6, 6.07) is 0. The lowest BCUT2D eigenvalue weighted by Gasteiger charge is -2.01. The minimum atomic E-state index is -0.181. The molecule has 0 fully saturated rings. The molecule has 0 N–H and O–H groups in total. The van der Waals surface area contributed by atoms with Crippen LogP contribution in [0.5, 0.6) is 0 Å². The molecule has 14 heavy (non-hydrogen) atoms. The Labute approximate surface area is 87.0 Å². The van der Waals surface area contributed by atoms with E-state index >= 15 is 0 Å². The van der Waals surface area contributed by atoms with Crippen LogP contribution in [-0.4, -0.2) is 12.6 Å². The van der Waals surface area contributed by atoms with Gasteiger partial charge in [0.05, 0.1) is 6.61 Å². The Morgan fingerprint density at radius 3 is 2.29 bits per heavy atom. The Bertz CT molecular complexity index is 179. The van der Waals surface area contributed by atoms with E-state index in [0.29, 0.717) is 6.61 Å². The van der Waals surface area contributed by atoms with Crippen LogP contribution < -0.4 is 0 Å². The van der Waals surface area contributed by atoms with Crippen LogP contribution in [-0.2, 0) is 9.53 Å². The van der Waals surface area contributed by atoms with Gasteiger partial charge in [-0.3, -0.25) is 4.79 Å². The summed E-state index contributed by atoms with van der Waals surface area (Å²) in [5.41, 5.74) is 0. The average Bonchev–Trinajstić information content (AvgIpc) is 2.15. The fourth-order valence-electron chi connectivity index (χ4n) is 1.25. The summed E-state index contributed by atoms with van der Waals surface area (Å²) in [5, 5.41) is 0. The van der Waals surface area contributed by atoms with Gasteiger partial charge in [0, 0.05) is 13.3 Å². The van der Waals surface area contributed by atoms with E-state index in [4.69, 9.17) is 11.2 Å². The van der Waals surface area contributed by atoms with Crippen molar-refractivity contribution < 1.29 is 9.53 Å². The maximum atomic E-state index is 10.4. The average molecular weight is 196 g/mol. The van der Waals surface area contributed by atoms with E-state index in [1.54, 1.807) is 0 Å². The number of hydrogen-bond donors (Lipinski definition) is 0. The third kappa shape index (κ3) is 11.0. The van der Waals surface area contributed by atoms with Crippen molar-refractivity contribution in [2.24, 2.45) is 0 Å². The first-order valence-electron chi connectivity index (χ1n) is 5.34. The number of esters is 1. The summed E-state index contributed by atoms with van der Waals surface area (Å²) in [5.74, 6) is 2.45. The van der Waals surface area contributed by atoms with Crippen LogP contribution in [0.25, 0.3) is 0 Å². The molecule has 0 saturated carbocycles. The standard InChI is InChI=1S/C12H20O2/c1-3-4-5-6-7-8-9-10-11-14-12(2)13/h1H,4-11H2,2H3. The molecule has 0 aliphatic heterocycles. The Hall–Kier alpha value is -0.970. The van der Waals surface area contributed by atoms with Crippen molar-refractivity contribution in [1.29, 1.82) is 0 Å². The molecule has 0 heterocycles. The number of rotatable bonds is 8. The van der Waals surface area contributed by atoms with Crippen LogP contribution in [0, 0.1) is 12.3 Å². The predicted octanol–water partition coefficient (Wildman–Crippen LogP) is 2.91. The van der Waals surface area contributed by atoms with Crippen molar-refractivity contribution >= 4 is 5.97 Å². The van der Waals surface area contributed by atoms with Gasteiger partial charge in [-0.1, -0.05) is 25.7 Å². The maximum absolute atomic E-state index is 10.4. The molecule has 0 atom stereocenters. The summed E-state index contributed by atoms with van der Waals surface area (Å²) in [6.45, 7) is 2.01. The van der Waals surface area contributed by atoms with Crippen LogP contribution in [0.4, 0.5) is 0 Å². The molecule has 0 spiro atoms. The Morgan fingerprint density at radius 1 is 1.14 bits per heavy atom. The molecule has 0 aliphatic rings. The molecule has 0 rings (SSSR count). The molecule has 0 bridgehead atoms. The SMILES string of the molecule is C#CCCCCCCCCOC(C)=O. The first-order chi connectivity index (χ1) is 6.77. The molecular weight excluding hydrogens is 176 g/mol. The lowest BCUT2D eigenvalue weighted by Crippen LogP contribution is -1.99. The molecule has 2 nitrogen and oxygen atoms in total. The van der Waals surface area contributed by atoms with Gasteiger partial charge in [0.1, 0.15) is 0 Å². The van der Waals surface area contributed by atoms with Crippen LogP contribution >= 0.6 is 0 Å². The van der Waals surface area contributed by atoms with E-state index < -0.39 is 0 Å². The van der Waals surface area contributed by atoms with E-state index in [1.807, 2.05) is 0 Å². The second-order valence-corrected chi connectivity index (χ2v) is 3.42. The number of ether oxygens (including phenoxy) is 1. The number of terminal acetylenes is 1. The highest BCUT2D eigenvalue weighted by atomic mass is 16.5. The van der Waals surface area contributed by atoms with E-state index in [9.17, 15) is 4.79 Å². The molecule has 0 unspecified atom stereocenters. The third-order valence-corrected chi connectivity index (χ3v) is 2.02. The first-order valence-corrected chi connectivity index (χ1v) is 5.34. The molecule has 80 valence electrons. The van der Waals surface area contributed by atoms with Crippen LogP contribution in [0.15, 0.2) is 0 Å². The van der Waals surface area contributed by atoms with Gasteiger partial charge in [0.15, 0.2) is 0 Å². The molecular formula is C12H20O2. The van der Waals surface area contributed by atoms with Crippen LogP contribution in [0.3, 0.4) is 0 Å². The topological polar surface area (TPSA) is 26.3 Å². The number of unbranched alkanes of at least 4 members (excludes halogenated alkanes) is 6. The van der Waals surface area contributed by atoms with E-state index in [-0.39, 0.29) is 5.97 Å². The summed E-state index contributed by atoms with van der Waals surface area (Å²) < 4.78 is 4.82. The lowest BCUT2D eigenvalue weighted by molar-refractivity contribution is -0.141. The highest BCUT2D eigenvalue weighted by Gasteiger charge is 1.93. The van der Waals surface area contributed by atoms with Gasteiger partial charge < -0.3 is 4.74 Å². The highest BCUT2D eigenvalue weighted by Crippen LogP contribution is 2.06. The minimum Gasteiger partial charge on any atom is -0.466 e. The smallest absolute Gasteiger partial charge is 0.302 e. The zero-order valence-corrected chi connectivity index (χ0v) is 9.05. The number of carbonyl (C=O) groups is 1. The molecule has 0 saturated heterocycles. The Morgan fingerprint density at radius 2 is 1.71 bits per heavy atom. The number of carbonyl (C=O) groups excluding carboxylic acids is 1. The molecule has 0 radical (unpaired) electrons. The van der Waals surface area contributed by atoms with E-state index in [2.05, 4.69) is 5.92 Å². The fraction of sp³-hybridized carbons (Fsp3) is 0.750. The van der Waals surface area contributed by atoms with E-state index in [1.165, 1.54) is 26.2 Å². The summed E-state index contributed by atoms with van der Waals surface area (Å²) in [6.07, 6.45) is 13.0. The minimum absolute atomic E-state index is 0.181. The lowest BCUT2D eigenvalue weighted by atomic mass is 10.1. The molecule has 2 heteroatoms.